The van der Waals surface area contributed by atoms with Crippen molar-refractivity contribution in [1.29, 1.82) is 0 Å². The van der Waals surface area contributed by atoms with E-state index >= 15 is 0 Å². The van der Waals surface area contributed by atoms with Gasteiger partial charge in [-0.05, 0) is 44.0 Å². The number of aromatic amines is 1. The average molecular weight is 467 g/mol. The summed E-state index contributed by atoms with van der Waals surface area (Å²) in [4.78, 5) is 38.2. The third kappa shape index (κ3) is 4.76. The summed E-state index contributed by atoms with van der Waals surface area (Å²) >= 11 is 1.47. The maximum atomic E-state index is 12.6. The van der Waals surface area contributed by atoms with Gasteiger partial charge in [0, 0.05) is 30.4 Å². The molecule has 0 spiro atoms. The van der Waals surface area contributed by atoms with Crippen LogP contribution in [0.2, 0.25) is 0 Å². The van der Waals surface area contributed by atoms with Crippen molar-refractivity contribution in [2.45, 2.75) is 38.3 Å². The Bertz CT molecular complexity index is 1240. The summed E-state index contributed by atoms with van der Waals surface area (Å²) < 4.78 is 5.79. The summed E-state index contributed by atoms with van der Waals surface area (Å²) in [5.74, 6) is 0.548. The van der Waals surface area contributed by atoms with Crippen LogP contribution in [-0.2, 0) is 17.6 Å². The van der Waals surface area contributed by atoms with Crippen molar-refractivity contribution in [1.82, 2.24) is 20.3 Å². The minimum absolute atomic E-state index is 0.0391. The molecule has 0 aliphatic carbocycles. The standard InChI is InChI=1S/C23H26N6O3S/c1-23(2)12-17-19(20(30)28-23)33-22(26-17)29-8-9-32-13-16(29)11-14-4-3-5-15(10-14)25-18-6-7-24-21(31)27-18/h3-7,10,16H,8-9,11-13H2,1-2H3,(H,28,30)(H2,24,25,27,31). The molecule has 1 saturated heterocycles. The molecule has 1 unspecified atom stereocenters. The number of nitrogens with one attached hydrogen (secondary N) is 3. The van der Waals surface area contributed by atoms with Gasteiger partial charge in [0.25, 0.3) is 5.91 Å². The first kappa shape index (κ1) is 21.6. The Morgan fingerprint density at radius 3 is 3.03 bits per heavy atom. The van der Waals surface area contributed by atoms with E-state index in [1.54, 1.807) is 6.07 Å². The van der Waals surface area contributed by atoms with Gasteiger partial charge >= 0.3 is 5.69 Å². The molecule has 172 valence electrons. The fourth-order valence-corrected chi connectivity index (χ4v) is 5.38. The monoisotopic (exact) mass is 466 g/mol. The molecule has 9 nitrogen and oxygen atoms in total. The molecule has 33 heavy (non-hydrogen) atoms. The molecule has 0 radical (unpaired) electrons. The highest BCUT2D eigenvalue weighted by Crippen LogP contribution is 2.34. The van der Waals surface area contributed by atoms with E-state index in [4.69, 9.17) is 9.72 Å². The molecule has 3 aromatic rings. The fraction of sp³-hybridized carbons (Fsp3) is 0.391. The second-order valence-corrected chi connectivity index (χ2v) is 10.0. The average Bonchev–Trinajstić information content (AvgIpc) is 3.17. The molecule has 1 atom stereocenters. The molecule has 2 aromatic heterocycles. The van der Waals surface area contributed by atoms with Crippen LogP contribution in [0.5, 0.6) is 0 Å². The first-order chi connectivity index (χ1) is 15.9. The number of hydrogen-bond acceptors (Lipinski definition) is 8. The molecule has 0 saturated carbocycles. The molecular weight excluding hydrogens is 440 g/mol. The Morgan fingerprint density at radius 1 is 1.30 bits per heavy atom. The van der Waals surface area contributed by atoms with Gasteiger partial charge in [0.1, 0.15) is 10.7 Å². The number of nitrogens with zero attached hydrogens (tertiary/aromatic N) is 3. The minimum atomic E-state index is -0.394. The number of carbonyl (C=O) groups is 1. The van der Waals surface area contributed by atoms with E-state index in [9.17, 15) is 9.59 Å². The largest absolute Gasteiger partial charge is 0.377 e. The Kier molecular flexibility index (Phi) is 5.63. The van der Waals surface area contributed by atoms with Gasteiger partial charge < -0.3 is 20.3 Å². The number of morpholine rings is 1. The molecule has 3 N–H and O–H groups in total. The van der Waals surface area contributed by atoms with Crippen LogP contribution in [0, 0.1) is 0 Å². The Hall–Kier alpha value is -3.24. The Morgan fingerprint density at radius 2 is 2.18 bits per heavy atom. The summed E-state index contributed by atoms with van der Waals surface area (Å²) in [6, 6.07) is 9.90. The number of hydrogen-bond donors (Lipinski definition) is 3. The highest BCUT2D eigenvalue weighted by molar-refractivity contribution is 7.17. The highest BCUT2D eigenvalue weighted by atomic mass is 32.1. The van der Waals surface area contributed by atoms with Crippen molar-refractivity contribution in [2.75, 3.05) is 30.0 Å². The van der Waals surface area contributed by atoms with Gasteiger partial charge in [-0.2, -0.15) is 0 Å². The third-order valence-electron chi connectivity index (χ3n) is 5.78. The van der Waals surface area contributed by atoms with Crippen molar-refractivity contribution in [3.63, 3.8) is 0 Å². The summed E-state index contributed by atoms with van der Waals surface area (Å²) in [7, 11) is 0. The summed E-state index contributed by atoms with van der Waals surface area (Å²) in [6.07, 6.45) is 2.96. The zero-order valence-electron chi connectivity index (χ0n) is 18.6. The van der Waals surface area contributed by atoms with Crippen molar-refractivity contribution >= 4 is 33.9 Å². The lowest BCUT2D eigenvalue weighted by atomic mass is 9.94. The molecule has 10 heteroatoms. The van der Waals surface area contributed by atoms with E-state index in [2.05, 4.69) is 37.6 Å². The number of aromatic nitrogens is 3. The van der Waals surface area contributed by atoms with E-state index in [0.29, 0.717) is 23.9 Å². The number of rotatable bonds is 5. The highest BCUT2D eigenvalue weighted by Gasteiger charge is 2.35. The molecule has 1 amide bonds. The number of amides is 1. The van der Waals surface area contributed by atoms with Crippen molar-refractivity contribution < 1.29 is 9.53 Å². The van der Waals surface area contributed by atoms with Gasteiger partial charge in [-0.25, -0.2) is 14.8 Å². The van der Waals surface area contributed by atoms with Crippen LogP contribution in [0.1, 0.15) is 34.8 Å². The summed E-state index contributed by atoms with van der Waals surface area (Å²) in [6.45, 7) is 6.00. The minimum Gasteiger partial charge on any atom is -0.377 e. The number of anilines is 3. The number of carbonyl (C=O) groups excluding carboxylic acids is 1. The second-order valence-electron chi connectivity index (χ2n) is 9.03. The van der Waals surface area contributed by atoms with Crippen molar-refractivity contribution in [3.8, 4) is 0 Å². The molecule has 1 aromatic carbocycles. The lowest BCUT2D eigenvalue weighted by Crippen LogP contribution is -2.48. The second kappa shape index (κ2) is 8.60. The number of H-pyrrole nitrogens is 1. The summed E-state index contributed by atoms with van der Waals surface area (Å²) in [5, 5.41) is 7.16. The van der Waals surface area contributed by atoms with Crippen LogP contribution in [-0.4, -0.2) is 52.2 Å². The van der Waals surface area contributed by atoms with Crippen LogP contribution in [0.15, 0.2) is 41.3 Å². The quantitative estimate of drug-likeness (QED) is 0.530. The maximum Gasteiger partial charge on any atom is 0.346 e. The molecule has 4 heterocycles. The van der Waals surface area contributed by atoms with Crippen molar-refractivity contribution in [2.24, 2.45) is 0 Å². The van der Waals surface area contributed by atoms with Gasteiger partial charge in [-0.1, -0.05) is 23.5 Å². The zero-order valence-corrected chi connectivity index (χ0v) is 19.4. The number of benzene rings is 1. The molecule has 2 aliphatic rings. The topological polar surface area (TPSA) is 112 Å². The van der Waals surface area contributed by atoms with E-state index in [1.807, 2.05) is 26.0 Å². The lowest BCUT2D eigenvalue weighted by Gasteiger charge is -2.35. The third-order valence-corrected chi connectivity index (χ3v) is 6.91. The number of thiazole rings is 1. The molecule has 0 bridgehead atoms. The maximum absolute atomic E-state index is 12.6. The number of ether oxygens (including phenoxy) is 1. The molecular formula is C23H26N6O3S. The molecule has 1 fully saturated rings. The van der Waals surface area contributed by atoms with Crippen LogP contribution in [0.25, 0.3) is 0 Å². The fourth-order valence-electron chi connectivity index (χ4n) is 4.31. The van der Waals surface area contributed by atoms with E-state index in [0.717, 1.165) is 41.5 Å². The van der Waals surface area contributed by atoms with E-state index in [1.165, 1.54) is 17.5 Å². The zero-order chi connectivity index (χ0) is 23.0. The normalized spacial score (nSPS) is 19.6. The van der Waals surface area contributed by atoms with E-state index in [-0.39, 0.29) is 17.5 Å². The molecule has 2 aliphatic heterocycles. The SMILES string of the molecule is CC1(C)Cc2nc(N3CCOCC3Cc3cccc(Nc4ccnc(=O)[nH]4)c3)sc2C(=O)N1. The van der Waals surface area contributed by atoms with Crippen LogP contribution < -0.4 is 21.2 Å². The van der Waals surface area contributed by atoms with Gasteiger partial charge in [-0.15, -0.1) is 0 Å². The van der Waals surface area contributed by atoms with Crippen LogP contribution in [0.4, 0.5) is 16.6 Å². The summed E-state index contributed by atoms with van der Waals surface area (Å²) in [5.41, 5.74) is 2.21. The Balaban J connectivity index is 1.35. The van der Waals surface area contributed by atoms with Crippen LogP contribution >= 0.6 is 11.3 Å². The first-order valence-corrected chi connectivity index (χ1v) is 11.8. The first-order valence-electron chi connectivity index (χ1n) is 10.9. The van der Waals surface area contributed by atoms with Gasteiger partial charge in [0.05, 0.1) is 24.9 Å². The number of fused-ring (bicyclic) bond motifs is 1. The Labute approximate surface area is 195 Å². The predicted molar refractivity (Wildman–Crippen MR) is 128 cm³/mol. The van der Waals surface area contributed by atoms with Crippen molar-refractivity contribution in [3.05, 3.63) is 63.1 Å². The van der Waals surface area contributed by atoms with Gasteiger partial charge in [-0.3, -0.25) is 9.78 Å². The molecule has 5 rings (SSSR count). The van der Waals surface area contributed by atoms with E-state index < -0.39 is 5.69 Å². The lowest BCUT2D eigenvalue weighted by molar-refractivity contribution is 0.0900. The van der Waals surface area contributed by atoms with Crippen LogP contribution in [0.3, 0.4) is 0 Å². The van der Waals surface area contributed by atoms with Gasteiger partial charge in [0.15, 0.2) is 5.13 Å². The smallest absolute Gasteiger partial charge is 0.346 e. The van der Waals surface area contributed by atoms with Gasteiger partial charge in [0.2, 0.25) is 0 Å². The predicted octanol–water partition coefficient (Wildman–Crippen LogP) is 2.48.